The number of hydrogen-bond acceptors (Lipinski definition) is 2. The Hall–Kier alpha value is -0.920. The number of hydrogen-bond donors (Lipinski definition) is 0. The van der Waals surface area contributed by atoms with Crippen molar-refractivity contribution >= 4 is 0 Å². The zero-order valence-corrected chi connectivity index (χ0v) is 6.33. The van der Waals surface area contributed by atoms with E-state index in [4.69, 9.17) is 0 Å². The van der Waals surface area contributed by atoms with Crippen LogP contribution in [-0.4, -0.2) is 9.97 Å². The average molecular weight is 135 g/mol. The second-order valence-corrected chi connectivity index (χ2v) is 2.55. The first-order valence-electron chi connectivity index (χ1n) is 3.34. The summed E-state index contributed by atoms with van der Waals surface area (Å²) in [5, 5.41) is 0. The highest BCUT2D eigenvalue weighted by atomic mass is 14.8. The molecule has 0 aliphatic rings. The first-order chi connectivity index (χ1) is 4.79. The van der Waals surface area contributed by atoms with E-state index in [0.29, 0.717) is 0 Å². The van der Waals surface area contributed by atoms with Gasteiger partial charge in [0, 0.05) is 18.8 Å². The topological polar surface area (TPSA) is 25.8 Å². The molecule has 1 aromatic heterocycles. The van der Waals surface area contributed by atoms with Gasteiger partial charge in [0.1, 0.15) is 5.82 Å². The molecule has 0 fully saturated rings. The van der Waals surface area contributed by atoms with Crippen molar-refractivity contribution in [3.05, 3.63) is 30.2 Å². The molecule has 0 bridgehead atoms. The first kappa shape index (κ1) is 7.19. The van der Waals surface area contributed by atoms with Crippen LogP contribution in [0, 0.1) is 5.92 Å². The molecule has 0 saturated heterocycles. The lowest BCUT2D eigenvalue weighted by atomic mass is 10.1. The van der Waals surface area contributed by atoms with Crippen molar-refractivity contribution in [3.8, 4) is 0 Å². The van der Waals surface area contributed by atoms with Crippen LogP contribution in [0.2, 0.25) is 0 Å². The third kappa shape index (κ3) is 2.13. The zero-order valence-electron chi connectivity index (χ0n) is 6.33. The Kier molecular flexibility index (Phi) is 2.37. The lowest BCUT2D eigenvalue weighted by Gasteiger charge is -1.99. The Labute approximate surface area is 61.3 Å². The van der Waals surface area contributed by atoms with Crippen LogP contribution < -0.4 is 0 Å². The van der Waals surface area contributed by atoms with Gasteiger partial charge in [-0.15, -0.1) is 0 Å². The predicted molar refractivity (Wildman–Crippen MR) is 40.3 cm³/mol. The fraction of sp³-hybridized carbons (Fsp3) is 0.375. The van der Waals surface area contributed by atoms with Gasteiger partial charge in [-0.2, -0.15) is 0 Å². The maximum absolute atomic E-state index is 4.09. The molecule has 0 unspecified atom stereocenters. The minimum absolute atomic E-state index is 0.890. The SMILES string of the molecule is C[C](C)Cc1ncccn1. The molecule has 1 rings (SSSR count). The molecule has 1 heterocycles. The third-order valence-electron chi connectivity index (χ3n) is 1.13. The van der Waals surface area contributed by atoms with Crippen molar-refractivity contribution in [1.82, 2.24) is 9.97 Å². The normalized spacial score (nSPS) is 10.3. The van der Waals surface area contributed by atoms with Gasteiger partial charge in [0.2, 0.25) is 0 Å². The van der Waals surface area contributed by atoms with Gasteiger partial charge in [-0.1, -0.05) is 13.8 Å². The van der Waals surface area contributed by atoms with E-state index in [2.05, 4.69) is 23.8 Å². The molecular formula is C8H11N2. The first-order valence-corrected chi connectivity index (χ1v) is 3.34. The van der Waals surface area contributed by atoms with Crippen LogP contribution in [0.5, 0.6) is 0 Å². The van der Waals surface area contributed by atoms with Crippen LogP contribution in [-0.2, 0) is 6.42 Å². The third-order valence-corrected chi connectivity index (χ3v) is 1.13. The second-order valence-electron chi connectivity index (χ2n) is 2.55. The maximum Gasteiger partial charge on any atom is 0.128 e. The minimum atomic E-state index is 0.890. The van der Waals surface area contributed by atoms with Crippen LogP contribution in [0.4, 0.5) is 0 Å². The monoisotopic (exact) mass is 135 g/mol. The maximum atomic E-state index is 4.09. The summed E-state index contributed by atoms with van der Waals surface area (Å²) in [7, 11) is 0. The van der Waals surface area contributed by atoms with Crippen molar-refractivity contribution in [2.24, 2.45) is 0 Å². The highest BCUT2D eigenvalue weighted by Gasteiger charge is 1.97. The summed E-state index contributed by atoms with van der Waals surface area (Å²) in [6.45, 7) is 4.16. The molecule has 1 radical (unpaired) electrons. The molecule has 53 valence electrons. The largest absolute Gasteiger partial charge is 0.241 e. The van der Waals surface area contributed by atoms with E-state index in [1.54, 1.807) is 12.4 Å². The van der Waals surface area contributed by atoms with Crippen molar-refractivity contribution in [2.75, 3.05) is 0 Å². The summed E-state index contributed by atoms with van der Waals surface area (Å²) in [5.41, 5.74) is 0. The summed E-state index contributed by atoms with van der Waals surface area (Å²) in [4.78, 5) is 8.17. The fourth-order valence-corrected chi connectivity index (χ4v) is 0.737. The Morgan fingerprint density at radius 1 is 1.30 bits per heavy atom. The highest BCUT2D eigenvalue weighted by Crippen LogP contribution is 2.02. The quantitative estimate of drug-likeness (QED) is 0.616. The van der Waals surface area contributed by atoms with Crippen molar-refractivity contribution < 1.29 is 0 Å². The van der Waals surface area contributed by atoms with Crippen molar-refractivity contribution in [3.63, 3.8) is 0 Å². The Balaban J connectivity index is 2.59. The molecule has 1 aromatic rings. The molecule has 0 saturated carbocycles. The minimum Gasteiger partial charge on any atom is -0.241 e. The summed E-state index contributed by atoms with van der Waals surface area (Å²) >= 11 is 0. The molecular weight excluding hydrogens is 124 g/mol. The van der Waals surface area contributed by atoms with E-state index in [1.165, 1.54) is 5.92 Å². The molecule has 0 aliphatic heterocycles. The van der Waals surface area contributed by atoms with Crippen molar-refractivity contribution in [1.29, 1.82) is 0 Å². The van der Waals surface area contributed by atoms with E-state index < -0.39 is 0 Å². The van der Waals surface area contributed by atoms with Gasteiger partial charge in [0.25, 0.3) is 0 Å². The molecule has 2 nitrogen and oxygen atoms in total. The predicted octanol–water partition coefficient (Wildman–Crippen LogP) is 1.63. The zero-order chi connectivity index (χ0) is 7.40. The van der Waals surface area contributed by atoms with Gasteiger partial charge in [-0.05, 0) is 12.0 Å². The Bertz CT molecular complexity index is 182. The van der Waals surface area contributed by atoms with Gasteiger partial charge >= 0.3 is 0 Å². The van der Waals surface area contributed by atoms with Gasteiger partial charge in [-0.25, -0.2) is 9.97 Å². The van der Waals surface area contributed by atoms with E-state index in [9.17, 15) is 0 Å². The van der Waals surface area contributed by atoms with Gasteiger partial charge in [0.15, 0.2) is 0 Å². The van der Waals surface area contributed by atoms with Gasteiger partial charge in [-0.3, -0.25) is 0 Å². The summed E-state index contributed by atoms with van der Waals surface area (Å²) in [6.07, 6.45) is 4.43. The van der Waals surface area contributed by atoms with Crippen LogP contribution in [0.15, 0.2) is 18.5 Å². The van der Waals surface area contributed by atoms with E-state index in [-0.39, 0.29) is 0 Å². The molecule has 0 N–H and O–H groups in total. The number of nitrogens with zero attached hydrogens (tertiary/aromatic N) is 2. The summed E-state index contributed by atoms with van der Waals surface area (Å²) < 4.78 is 0. The fourth-order valence-electron chi connectivity index (χ4n) is 0.737. The van der Waals surface area contributed by atoms with Gasteiger partial charge in [0.05, 0.1) is 0 Å². The summed E-state index contributed by atoms with van der Waals surface area (Å²) in [5.74, 6) is 2.24. The standard InChI is InChI=1S/C8H11N2/c1-7(2)6-8-9-4-3-5-10-8/h3-5H,6H2,1-2H3. The number of aromatic nitrogens is 2. The van der Waals surface area contributed by atoms with Crippen LogP contribution in [0.25, 0.3) is 0 Å². The summed E-state index contributed by atoms with van der Waals surface area (Å²) in [6, 6.07) is 1.83. The molecule has 2 heteroatoms. The van der Waals surface area contributed by atoms with Crippen LogP contribution in [0.1, 0.15) is 19.7 Å². The molecule has 0 aliphatic carbocycles. The van der Waals surface area contributed by atoms with Crippen LogP contribution in [0.3, 0.4) is 0 Å². The van der Waals surface area contributed by atoms with E-state index in [0.717, 1.165) is 12.2 Å². The molecule has 0 atom stereocenters. The van der Waals surface area contributed by atoms with Crippen LogP contribution >= 0.6 is 0 Å². The highest BCUT2D eigenvalue weighted by molar-refractivity contribution is 4.96. The lowest BCUT2D eigenvalue weighted by Crippen LogP contribution is -1.97. The smallest absolute Gasteiger partial charge is 0.128 e. The number of rotatable bonds is 2. The van der Waals surface area contributed by atoms with E-state index in [1.807, 2.05) is 6.07 Å². The molecule has 0 amide bonds. The van der Waals surface area contributed by atoms with E-state index >= 15 is 0 Å². The molecule has 10 heavy (non-hydrogen) atoms. The Morgan fingerprint density at radius 3 is 2.40 bits per heavy atom. The van der Waals surface area contributed by atoms with Gasteiger partial charge < -0.3 is 0 Å². The lowest BCUT2D eigenvalue weighted by molar-refractivity contribution is 0.864. The van der Waals surface area contributed by atoms with Crippen molar-refractivity contribution in [2.45, 2.75) is 20.3 Å². The second kappa shape index (κ2) is 3.30. The molecule has 0 spiro atoms. The molecule has 0 aromatic carbocycles. The Morgan fingerprint density at radius 2 is 1.90 bits per heavy atom. The average Bonchev–Trinajstić information content (AvgIpc) is 1.88.